The fourth-order valence-electron chi connectivity index (χ4n) is 2.24. The highest BCUT2D eigenvalue weighted by atomic mass is 35.5. The van der Waals surface area contributed by atoms with E-state index in [-0.39, 0.29) is 16.9 Å². The molecule has 0 saturated carbocycles. The van der Waals surface area contributed by atoms with E-state index in [9.17, 15) is 4.39 Å². The number of nitrogens with one attached hydrogen (secondary N) is 1. The van der Waals surface area contributed by atoms with Crippen LogP contribution in [0.2, 0.25) is 5.02 Å². The van der Waals surface area contributed by atoms with E-state index in [0.717, 1.165) is 38.2 Å². The predicted molar refractivity (Wildman–Crippen MR) is 68.9 cm³/mol. The lowest BCUT2D eigenvalue weighted by molar-refractivity contribution is 0.225. The molecule has 0 radical (unpaired) electrons. The number of halogens is 2. The summed E-state index contributed by atoms with van der Waals surface area (Å²) in [5, 5.41) is 3.59. The Morgan fingerprint density at radius 2 is 2.18 bits per heavy atom. The van der Waals surface area contributed by atoms with Gasteiger partial charge in [0.2, 0.25) is 0 Å². The quantitative estimate of drug-likeness (QED) is 0.875. The van der Waals surface area contributed by atoms with Gasteiger partial charge in [0.25, 0.3) is 0 Å². The first kappa shape index (κ1) is 12.8. The summed E-state index contributed by atoms with van der Waals surface area (Å²) in [6, 6.07) is 5.29. The molecule has 1 N–H and O–H groups in total. The number of nitrogens with zero attached hydrogens (tertiary/aromatic N) is 1. The molecule has 0 amide bonds. The molecule has 17 heavy (non-hydrogen) atoms. The second-order valence-electron chi connectivity index (χ2n) is 4.49. The van der Waals surface area contributed by atoms with Crippen LogP contribution in [0.15, 0.2) is 18.2 Å². The van der Waals surface area contributed by atoms with Crippen molar-refractivity contribution < 1.29 is 4.39 Å². The standard InChI is InChI=1S/C13H18ClFN2/c1-10(17-7-2-5-16-6-8-17)11-3-4-13(15)12(14)9-11/h3-4,9-10,16H,2,5-8H2,1H3. The van der Waals surface area contributed by atoms with Crippen molar-refractivity contribution in [1.82, 2.24) is 10.2 Å². The van der Waals surface area contributed by atoms with Crippen LogP contribution in [0.4, 0.5) is 4.39 Å². The highest BCUT2D eigenvalue weighted by Gasteiger charge is 2.17. The normalized spacial score (nSPS) is 19.9. The third kappa shape index (κ3) is 3.18. The third-order valence-electron chi connectivity index (χ3n) is 3.35. The topological polar surface area (TPSA) is 15.3 Å². The van der Waals surface area contributed by atoms with Crippen molar-refractivity contribution in [1.29, 1.82) is 0 Å². The van der Waals surface area contributed by atoms with E-state index >= 15 is 0 Å². The van der Waals surface area contributed by atoms with Gasteiger partial charge >= 0.3 is 0 Å². The van der Waals surface area contributed by atoms with Crippen molar-refractivity contribution in [3.8, 4) is 0 Å². The molecule has 1 aromatic carbocycles. The van der Waals surface area contributed by atoms with E-state index in [2.05, 4.69) is 17.1 Å². The molecule has 4 heteroatoms. The van der Waals surface area contributed by atoms with E-state index in [0.29, 0.717) is 0 Å². The molecule has 0 aliphatic carbocycles. The second-order valence-corrected chi connectivity index (χ2v) is 4.90. The lowest BCUT2D eigenvalue weighted by atomic mass is 10.1. The van der Waals surface area contributed by atoms with Crippen LogP contribution in [0.1, 0.15) is 24.9 Å². The zero-order chi connectivity index (χ0) is 12.3. The Balaban J connectivity index is 2.11. The third-order valence-corrected chi connectivity index (χ3v) is 3.64. The van der Waals surface area contributed by atoms with Gasteiger partial charge in [-0.15, -0.1) is 0 Å². The van der Waals surface area contributed by atoms with Gasteiger partial charge in [-0.2, -0.15) is 0 Å². The van der Waals surface area contributed by atoms with Gasteiger partial charge in [0.15, 0.2) is 0 Å². The minimum Gasteiger partial charge on any atom is -0.315 e. The number of hydrogen-bond donors (Lipinski definition) is 1. The maximum Gasteiger partial charge on any atom is 0.141 e. The van der Waals surface area contributed by atoms with Crippen LogP contribution in [0.5, 0.6) is 0 Å². The average Bonchev–Trinajstić information content (AvgIpc) is 2.60. The van der Waals surface area contributed by atoms with Crippen LogP contribution in [-0.2, 0) is 0 Å². The predicted octanol–water partition coefficient (Wildman–Crippen LogP) is 2.84. The van der Waals surface area contributed by atoms with Crippen molar-refractivity contribution in [2.24, 2.45) is 0 Å². The fraction of sp³-hybridized carbons (Fsp3) is 0.538. The first-order valence-corrected chi connectivity index (χ1v) is 6.46. The summed E-state index contributed by atoms with van der Waals surface area (Å²) in [6.07, 6.45) is 1.15. The molecule has 94 valence electrons. The fourth-order valence-corrected chi connectivity index (χ4v) is 2.43. The summed E-state index contributed by atoms with van der Waals surface area (Å²) >= 11 is 5.82. The van der Waals surface area contributed by atoms with Crippen LogP contribution in [0.3, 0.4) is 0 Å². The first-order chi connectivity index (χ1) is 8.18. The summed E-state index contributed by atoms with van der Waals surface area (Å²) in [5.74, 6) is -0.347. The summed E-state index contributed by atoms with van der Waals surface area (Å²) in [6.45, 7) is 6.33. The van der Waals surface area contributed by atoms with E-state index in [1.165, 1.54) is 6.07 Å². The smallest absolute Gasteiger partial charge is 0.141 e. The van der Waals surface area contributed by atoms with Crippen molar-refractivity contribution in [2.75, 3.05) is 26.2 Å². The van der Waals surface area contributed by atoms with E-state index in [1.807, 2.05) is 6.07 Å². The number of rotatable bonds is 2. The van der Waals surface area contributed by atoms with E-state index in [4.69, 9.17) is 11.6 Å². The summed E-state index contributed by atoms with van der Waals surface area (Å²) in [5.41, 5.74) is 1.08. The second kappa shape index (κ2) is 5.80. The van der Waals surface area contributed by atoms with Gasteiger partial charge in [0.05, 0.1) is 5.02 Å². The van der Waals surface area contributed by atoms with Crippen molar-refractivity contribution >= 4 is 11.6 Å². The molecule has 1 saturated heterocycles. The monoisotopic (exact) mass is 256 g/mol. The van der Waals surface area contributed by atoms with Crippen LogP contribution < -0.4 is 5.32 Å². The number of benzene rings is 1. The molecule has 1 heterocycles. The molecule has 1 aliphatic heterocycles. The minimum atomic E-state index is -0.347. The Kier molecular flexibility index (Phi) is 4.37. The van der Waals surface area contributed by atoms with E-state index in [1.54, 1.807) is 6.07 Å². The first-order valence-electron chi connectivity index (χ1n) is 6.08. The highest BCUT2D eigenvalue weighted by Crippen LogP contribution is 2.25. The Morgan fingerprint density at radius 1 is 1.35 bits per heavy atom. The zero-order valence-corrected chi connectivity index (χ0v) is 10.8. The van der Waals surface area contributed by atoms with Gasteiger partial charge in [-0.3, -0.25) is 4.90 Å². The summed E-state index contributed by atoms with van der Waals surface area (Å²) < 4.78 is 13.1. The van der Waals surface area contributed by atoms with Gasteiger partial charge in [0.1, 0.15) is 5.82 Å². The lowest BCUT2D eigenvalue weighted by Gasteiger charge is -2.27. The van der Waals surface area contributed by atoms with Crippen molar-refractivity contribution in [2.45, 2.75) is 19.4 Å². The molecule has 0 spiro atoms. The number of hydrogen-bond acceptors (Lipinski definition) is 2. The van der Waals surface area contributed by atoms with Gasteiger partial charge in [-0.1, -0.05) is 17.7 Å². The Hall–Kier alpha value is -0.640. The molecular formula is C13H18ClFN2. The van der Waals surface area contributed by atoms with Crippen molar-refractivity contribution in [3.63, 3.8) is 0 Å². The molecule has 0 bridgehead atoms. The molecule has 1 aromatic rings. The van der Waals surface area contributed by atoms with Crippen LogP contribution in [0.25, 0.3) is 0 Å². The lowest BCUT2D eigenvalue weighted by Crippen LogP contribution is -2.30. The summed E-state index contributed by atoms with van der Waals surface area (Å²) in [4.78, 5) is 2.41. The Labute approximate surface area is 107 Å². The molecule has 1 unspecified atom stereocenters. The molecule has 1 atom stereocenters. The van der Waals surface area contributed by atoms with Gasteiger partial charge in [-0.05, 0) is 44.1 Å². The highest BCUT2D eigenvalue weighted by molar-refractivity contribution is 6.30. The summed E-state index contributed by atoms with van der Waals surface area (Å²) in [7, 11) is 0. The maximum atomic E-state index is 13.1. The Bertz CT molecular complexity index is 376. The maximum absolute atomic E-state index is 13.1. The van der Waals surface area contributed by atoms with Crippen LogP contribution in [0, 0.1) is 5.82 Å². The van der Waals surface area contributed by atoms with Crippen molar-refractivity contribution in [3.05, 3.63) is 34.6 Å². The van der Waals surface area contributed by atoms with E-state index < -0.39 is 0 Å². The van der Waals surface area contributed by atoms with Crippen LogP contribution in [-0.4, -0.2) is 31.1 Å². The zero-order valence-electron chi connectivity index (χ0n) is 10.0. The largest absolute Gasteiger partial charge is 0.315 e. The molecule has 2 nitrogen and oxygen atoms in total. The molecule has 0 aromatic heterocycles. The minimum absolute atomic E-state index is 0.210. The average molecular weight is 257 g/mol. The van der Waals surface area contributed by atoms with Gasteiger partial charge in [0, 0.05) is 19.1 Å². The SMILES string of the molecule is CC(c1ccc(F)c(Cl)c1)N1CCCNCC1. The van der Waals surface area contributed by atoms with Gasteiger partial charge in [-0.25, -0.2) is 4.39 Å². The van der Waals surface area contributed by atoms with Gasteiger partial charge < -0.3 is 5.32 Å². The molecular weight excluding hydrogens is 239 g/mol. The van der Waals surface area contributed by atoms with Crippen LogP contribution >= 0.6 is 11.6 Å². The Morgan fingerprint density at radius 3 is 2.94 bits per heavy atom. The molecule has 2 rings (SSSR count). The molecule has 1 fully saturated rings. The molecule has 1 aliphatic rings.